The fourth-order valence-electron chi connectivity index (χ4n) is 2.71. The molecule has 0 aliphatic carbocycles. The predicted octanol–water partition coefficient (Wildman–Crippen LogP) is 4.70. The summed E-state index contributed by atoms with van der Waals surface area (Å²) in [5.41, 5.74) is 1.23. The van der Waals surface area contributed by atoms with E-state index in [2.05, 4.69) is 27.8 Å². The predicted molar refractivity (Wildman–Crippen MR) is 124 cm³/mol. The van der Waals surface area contributed by atoms with Crippen molar-refractivity contribution >= 4 is 56.5 Å². The molecule has 9 heteroatoms. The molecule has 3 rings (SSSR count). The van der Waals surface area contributed by atoms with Gasteiger partial charge in [0.15, 0.2) is 11.5 Å². The highest BCUT2D eigenvalue weighted by Crippen LogP contribution is 2.34. The van der Waals surface area contributed by atoms with E-state index in [1.807, 2.05) is 0 Å². The van der Waals surface area contributed by atoms with Gasteiger partial charge in [0.2, 0.25) is 5.91 Å². The van der Waals surface area contributed by atoms with Crippen molar-refractivity contribution in [3.63, 3.8) is 0 Å². The minimum Gasteiger partial charge on any atom is -0.493 e. The maximum atomic E-state index is 12.7. The van der Waals surface area contributed by atoms with Crippen LogP contribution in [0.4, 0.5) is 10.5 Å². The third-order valence-corrected chi connectivity index (χ3v) is 5.58. The van der Waals surface area contributed by atoms with E-state index >= 15 is 0 Å². The van der Waals surface area contributed by atoms with E-state index in [4.69, 9.17) is 9.47 Å². The van der Waals surface area contributed by atoms with Crippen molar-refractivity contribution in [3.05, 3.63) is 70.1 Å². The van der Waals surface area contributed by atoms with Gasteiger partial charge in [-0.05, 0) is 59.8 Å². The van der Waals surface area contributed by atoms with Crippen LogP contribution < -0.4 is 14.8 Å². The molecule has 7 nitrogen and oxygen atoms in total. The van der Waals surface area contributed by atoms with Crippen LogP contribution in [0.3, 0.4) is 0 Å². The molecule has 0 unspecified atom stereocenters. The second kappa shape index (κ2) is 10.3. The Labute approximate surface area is 192 Å². The smallest absolute Gasteiger partial charge is 0.294 e. The average Bonchev–Trinajstić information content (AvgIpc) is 3.01. The molecular weight excluding hydrogens is 484 g/mol. The summed E-state index contributed by atoms with van der Waals surface area (Å²) in [6.07, 6.45) is 3.20. The van der Waals surface area contributed by atoms with Crippen LogP contribution in [0.1, 0.15) is 5.56 Å². The number of hydrogen-bond acceptors (Lipinski definition) is 6. The third-order valence-electron chi connectivity index (χ3n) is 4.15. The molecular formula is C22H19BrN2O5S. The number of carbonyl (C=O) groups is 3. The maximum Gasteiger partial charge on any atom is 0.294 e. The first kappa shape index (κ1) is 22.6. The van der Waals surface area contributed by atoms with Gasteiger partial charge < -0.3 is 14.8 Å². The topological polar surface area (TPSA) is 84.9 Å². The summed E-state index contributed by atoms with van der Waals surface area (Å²) < 4.78 is 11.7. The SMILES string of the molecule is C=CCOc1ccc(/C=C2/SC(=O)N(CC(=O)Nc3ccc(Br)cc3)C2=O)cc1OC. The first-order chi connectivity index (χ1) is 14.9. The van der Waals surface area contributed by atoms with Crippen LogP contribution >= 0.6 is 27.7 Å². The van der Waals surface area contributed by atoms with Crippen molar-refractivity contribution < 1.29 is 23.9 Å². The molecule has 0 saturated carbocycles. The van der Waals surface area contributed by atoms with Crippen LogP contribution in [0, 0.1) is 0 Å². The number of amides is 3. The zero-order chi connectivity index (χ0) is 22.4. The van der Waals surface area contributed by atoms with E-state index in [1.165, 1.54) is 7.11 Å². The zero-order valence-electron chi connectivity index (χ0n) is 16.6. The highest BCUT2D eigenvalue weighted by Gasteiger charge is 2.36. The van der Waals surface area contributed by atoms with E-state index in [-0.39, 0.29) is 11.4 Å². The number of nitrogens with zero attached hydrogens (tertiary/aromatic N) is 1. The van der Waals surface area contributed by atoms with Gasteiger partial charge >= 0.3 is 0 Å². The lowest BCUT2D eigenvalue weighted by Crippen LogP contribution is -2.36. The monoisotopic (exact) mass is 502 g/mol. The Morgan fingerprint density at radius 1 is 1.19 bits per heavy atom. The number of methoxy groups -OCH3 is 1. The number of ether oxygens (including phenoxy) is 2. The molecule has 2 aromatic carbocycles. The zero-order valence-corrected chi connectivity index (χ0v) is 19.0. The van der Waals surface area contributed by atoms with Gasteiger partial charge in [-0.2, -0.15) is 0 Å². The lowest BCUT2D eigenvalue weighted by molar-refractivity contribution is -0.127. The lowest BCUT2D eigenvalue weighted by atomic mass is 10.2. The number of hydrogen-bond donors (Lipinski definition) is 1. The molecule has 31 heavy (non-hydrogen) atoms. The van der Waals surface area contributed by atoms with Gasteiger partial charge in [-0.15, -0.1) is 0 Å². The van der Waals surface area contributed by atoms with Crippen LogP contribution in [-0.2, 0) is 9.59 Å². The summed E-state index contributed by atoms with van der Waals surface area (Å²) in [6, 6.07) is 12.1. The minimum absolute atomic E-state index is 0.225. The molecule has 1 aliphatic heterocycles. The molecule has 0 radical (unpaired) electrons. The quantitative estimate of drug-likeness (QED) is 0.416. The van der Waals surface area contributed by atoms with Crippen LogP contribution in [-0.4, -0.2) is 42.2 Å². The van der Waals surface area contributed by atoms with E-state index in [9.17, 15) is 14.4 Å². The molecule has 1 saturated heterocycles. The normalized spacial score (nSPS) is 14.6. The molecule has 0 bridgehead atoms. The Bertz CT molecular complexity index is 1050. The van der Waals surface area contributed by atoms with E-state index in [0.29, 0.717) is 29.4 Å². The Morgan fingerprint density at radius 2 is 1.94 bits per heavy atom. The second-order valence-corrected chi connectivity index (χ2v) is 8.24. The van der Waals surface area contributed by atoms with Crippen molar-refractivity contribution in [3.8, 4) is 11.5 Å². The van der Waals surface area contributed by atoms with Crippen LogP contribution in [0.15, 0.2) is 64.5 Å². The van der Waals surface area contributed by atoms with Crippen LogP contribution in [0.5, 0.6) is 11.5 Å². The molecule has 160 valence electrons. The van der Waals surface area contributed by atoms with Gasteiger partial charge in [-0.3, -0.25) is 19.3 Å². The van der Waals surface area contributed by atoms with Crippen molar-refractivity contribution in [1.29, 1.82) is 0 Å². The van der Waals surface area contributed by atoms with E-state index in [0.717, 1.165) is 21.1 Å². The van der Waals surface area contributed by atoms with Gasteiger partial charge in [0.25, 0.3) is 11.1 Å². The number of nitrogens with one attached hydrogen (secondary N) is 1. The Kier molecular flexibility index (Phi) is 7.54. The third kappa shape index (κ3) is 5.77. The Morgan fingerprint density at radius 3 is 2.61 bits per heavy atom. The number of imide groups is 1. The molecule has 0 atom stereocenters. The van der Waals surface area contributed by atoms with Crippen molar-refractivity contribution in [1.82, 2.24) is 4.90 Å². The number of rotatable bonds is 8. The Hall–Kier alpha value is -3.04. The molecule has 3 amide bonds. The molecule has 0 spiro atoms. The van der Waals surface area contributed by atoms with Gasteiger partial charge in [0, 0.05) is 10.2 Å². The maximum absolute atomic E-state index is 12.7. The van der Waals surface area contributed by atoms with Gasteiger partial charge in [0.05, 0.1) is 12.0 Å². The first-order valence-electron chi connectivity index (χ1n) is 9.14. The van der Waals surface area contributed by atoms with E-state index < -0.39 is 17.1 Å². The molecule has 1 fully saturated rings. The fraction of sp³-hybridized carbons (Fsp3) is 0.136. The number of thioether (sulfide) groups is 1. The summed E-state index contributed by atoms with van der Waals surface area (Å²) in [4.78, 5) is 38.4. The number of halogens is 1. The van der Waals surface area contributed by atoms with Gasteiger partial charge in [0.1, 0.15) is 13.2 Å². The van der Waals surface area contributed by atoms with Gasteiger partial charge in [-0.25, -0.2) is 0 Å². The summed E-state index contributed by atoms with van der Waals surface area (Å²) in [7, 11) is 1.51. The van der Waals surface area contributed by atoms with Crippen LogP contribution in [0.2, 0.25) is 0 Å². The van der Waals surface area contributed by atoms with Crippen molar-refractivity contribution in [2.24, 2.45) is 0 Å². The second-order valence-electron chi connectivity index (χ2n) is 6.33. The minimum atomic E-state index is -0.521. The van der Waals surface area contributed by atoms with Crippen LogP contribution in [0.25, 0.3) is 6.08 Å². The van der Waals surface area contributed by atoms with Crippen molar-refractivity contribution in [2.45, 2.75) is 0 Å². The molecule has 1 aliphatic rings. The number of anilines is 1. The lowest BCUT2D eigenvalue weighted by Gasteiger charge is -2.12. The fourth-order valence-corrected chi connectivity index (χ4v) is 3.81. The first-order valence-corrected chi connectivity index (χ1v) is 10.7. The summed E-state index contributed by atoms with van der Waals surface area (Å²) in [5.74, 6) is 0.0455. The highest BCUT2D eigenvalue weighted by atomic mass is 79.9. The van der Waals surface area contributed by atoms with E-state index in [1.54, 1.807) is 54.6 Å². The van der Waals surface area contributed by atoms with Crippen molar-refractivity contribution in [2.75, 3.05) is 25.6 Å². The summed E-state index contributed by atoms with van der Waals surface area (Å²) in [5, 5.41) is 2.17. The molecule has 1 heterocycles. The average molecular weight is 503 g/mol. The van der Waals surface area contributed by atoms with Gasteiger partial charge in [-0.1, -0.05) is 34.7 Å². The summed E-state index contributed by atoms with van der Waals surface area (Å²) in [6.45, 7) is 3.57. The molecule has 0 aromatic heterocycles. The standard InChI is InChI=1S/C22H19BrN2O5S/c1-3-10-30-17-9-4-14(11-18(17)29-2)12-19-21(27)25(22(28)31-19)13-20(26)24-16-7-5-15(23)6-8-16/h3-9,11-12H,1,10,13H2,2H3,(H,24,26)/b19-12+. The number of benzene rings is 2. The number of carbonyl (C=O) groups excluding carboxylic acids is 3. The molecule has 2 aromatic rings. The largest absolute Gasteiger partial charge is 0.493 e. The summed E-state index contributed by atoms with van der Waals surface area (Å²) >= 11 is 4.10. The Balaban J connectivity index is 1.70. The molecule has 1 N–H and O–H groups in total. The highest BCUT2D eigenvalue weighted by molar-refractivity contribution is 9.10.